The third-order valence-corrected chi connectivity index (χ3v) is 2.90. The van der Waals surface area contributed by atoms with Crippen LogP contribution in [0.15, 0.2) is 12.1 Å². The fourth-order valence-corrected chi connectivity index (χ4v) is 1.98. The first kappa shape index (κ1) is 11.2. The van der Waals surface area contributed by atoms with Crippen molar-refractivity contribution in [2.24, 2.45) is 0 Å². The highest BCUT2D eigenvalue weighted by atomic mass is 32.1. The maximum atomic E-state index is 10.9. The highest BCUT2D eigenvalue weighted by Gasteiger charge is 1.98. The SMILES string of the molecule is CNC(=O)CCNCc1ccc(C)s1. The molecule has 14 heavy (non-hydrogen) atoms. The van der Waals surface area contributed by atoms with Crippen molar-refractivity contribution in [3.05, 3.63) is 21.9 Å². The van der Waals surface area contributed by atoms with Crippen LogP contribution in [0.25, 0.3) is 0 Å². The van der Waals surface area contributed by atoms with Gasteiger partial charge in [-0.2, -0.15) is 0 Å². The Hall–Kier alpha value is -0.870. The Morgan fingerprint density at radius 1 is 1.50 bits per heavy atom. The van der Waals surface area contributed by atoms with Gasteiger partial charge in [-0.3, -0.25) is 4.79 Å². The van der Waals surface area contributed by atoms with E-state index in [1.54, 1.807) is 18.4 Å². The zero-order valence-electron chi connectivity index (χ0n) is 8.59. The number of rotatable bonds is 5. The van der Waals surface area contributed by atoms with Gasteiger partial charge in [0, 0.05) is 36.3 Å². The fourth-order valence-electron chi connectivity index (χ4n) is 1.12. The van der Waals surface area contributed by atoms with Crippen molar-refractivity contribution in [2.45, 2.75) is 19.9 Å². The zero-order valence-corrected chi connectivity index (χ0v) is 9.41. The van der Waals surface area contributed by atoms with E-state index < -0.39 is 0 Å². The molecule has 1 rings (SSSR count). The van der Waals surface area contributed by atoms with Crippen LogP contribution in [0, 0.1) is 6.92 Å². The molecule has 0 radical (unpaired) electrons. The first-order chi connectivity index (χ1) is 6.72. The van der Waals surface area contributed by atoms with Crippen LogP contribution in [0.4, 0.5) is 0 Å². The molecule has 0 spiro atoms. The van der Waals surface area contributed by atoms with E-state index in [0.29, 0.717) is 6.42 Å². The quantitative estimate of drug-likeness (QED) is 0.722. The summed E-state index contributed by atoms with van der Waals surface area (Å²) in [4.78, 5) is 13.5. The average molecular weight is 212 g/mol. The summed E-state index contributed by atoms with van der Waals surface area (Å²) in [5, 5.41) is 5.82. The van der Waals surface area contributed by atoms with E-state index in [2.05, 4.69) is 29.7 Å². The Balaban J connectivity index is 2.13. The molecule has 0 aliphatic carbocycles. The molecule has 1 aromatic rings. The molecule has 0 aliphatic rings. The summed E-state index contributed by atoms with van der Waals surface area (Å²) in [5.74, 6) is 0.0832. The van der Waals surface area contributed by atoms with Gasteiger partial charge in [0.25, 0.3) is 0 Å². The van der Waals surface area contributed by atoms with Crippen LogP contribution in [-0.2, 0) is 11.3 Å². The second-order valence-corrected chi connectivity index (χ2v) is 4.48. The summed E-state index contributed by atoms with van der Waals surface area (Å²) in [7, 11) is 1.66. The van der Waals surface area contributed by atoms with E-state index >= 15 is 0 Å². The Labute approximate surface area is 88.5 Å². The highest BCUT2D eigenvalue weighted by molar-refractivity contribution is 7.11. The van der Waals surface area contributed by atoms with Gasteiger partial charge in [-0.1, -0.05) is 0 Å². The Morgan fingerprint density at radius 2 is 2.29 bits per heavy atom. The van der Waals surface area contributed by atoms with Crippen LogP contribution >= 0.6 is 11.3 Å². The van der Waals surface area contributed by atoms with Crippen molar-refractivity contribution in [1.82, 2.24) is 10.6 Å². The van der Waals surface area contributed by atoms with Crippen molar-refractivity contribution >= 4 is 17.2 Å². The monoisotopic (exact) mass is 212 g/mol. The summed E-state index contributed by atoms with van der Waals surface area (Å²) in [6.45, 7) is 3.69. The van der Waals surface area contributed by atoms with Gasteiger partial charge in [0.15, 0.2) is 0 Å². The molecule has 78 valence electrons. The third kappa shape index (κ3) is 3.89. The lowest BCUT2D eigenvalue weighted by Gasteiger charge is -2.01. The summed E-state index contributed by atoms with van der Waals surface area (Å²) < 4.78 is 0. The lowest BCUT2D eigenvalue weighted by atomic mass is 10.4. The van der Waals surface area contributed by atoms with Gasteiger partial charge in [-0.25, -0.2) is 0 Å². The molecule has 0 fully saturated rings. The van der Waals surface area contributed by atoms with E-state index in [4.69, 9.17) is 0 Å². The number of aryl methyl sites for hydroxylation is 1. The third-order valence-electron chi connectivity index (χ3n) is 1.90. The minimum Gasteiger partial charge on any atom is -0.359 e. The molecule has 3 nitrogen and oxygen atoms in total. The van der Waals surface area contributed by atoms with E-state index in [9.17, 15) is 4.79 Å². The Kier molecular flexibility index (Phi) is 4.62. The van der Waals surface area contributed by atoms with E-state index in [1.165, 1.54) is 9.75 Å². The molecule has 0 aromatic carbocycles. The van der Waals surface area contributed by atoms with Gasteiger partial charge in [-0.15, -0.1) is 11.3 Å². The lowest BCUT2D eigenvalue weighted by Crippen LogP contribution is -2.24. The molecule has 1 amide bonds. The summed E-state index contributed by atoms with van der Waals surface area (Å²) in [6, 6.07) is 4.23. The number of hydrogen-bond acceptors (Lipinski definition) is 3. The highest BCUT2D eigenvalue weighted by Crippen LogP contribution is 2.14. The minimum atomic E-state index is 0.0832. The van der Waals surface area contributed by atoms with Gasteiger partial charge in [0.2, 0.25) is 5.91 Å². The molecule has 0 unspecified atom stereocenters. The molecule has 2 N–H and O–H groups in total. The van der Waals surface area contributed by atoms with Crippen molar-refractivity contribution in [2.75, 3.05) is 13.6 Å². The van der Waals surface area contributed by atoms with Crippen LogP contribution in [0.3, 0.4) is 0 Å². The van der Waals surface area contributed by atoms with Gasteiger partial charge in [0.1, 0.15) is 0 Å². The number of nitrogens with one attached hydrogen (secondary N) is 2. The van der Waals surface area contributed by atoms with E-state index in [0.717, 1.165) is 13.1 Å². The second kappa shape index (κ2) is 5.78. The standard InChI is InChI=1S/C10H16N2OS/c1-8-3-4-9(14-8)7-12-6-5-10(13)11-2/h3-4,12H,5-7H2,1-2H3,(H,11,13). The maximum Gasteiger partial charge on any atom is 0.221 e. The van der Waals surface area contributed by atoms with Gasteiger partial charge in [0.05, 0.1) is 0 Å². The van der Waals surface area contributed by atoms with Crippen LogP contribution in [0.2, 0.25) is 0 Å². The Morgan fingerprint density at radius 3 is 2.86 bits per heavy atom. The van der Waals surface area contributed by atoms with Crippen molar-refractivity contribution in [1.29, 1.82) is 0 Å². The maximum absolute atomic E-state index is 10.9. The molecule has 1 aromatic heterocycles. The summed E-state index contributed by atoms with van der Waals surface area (Å²) in [5.41, 5.74) is 0. The first-order valence-electron chi connectivity index (χ1n) is 4.69. The van der Waals surface area contributed by atoms with Crippen molar-refractivity contribution < 1.29 is 4.79 Å². The summed E-state index contributed by atoms with van der Waals surface area (Å²) in [6.07, 6.45) is 0.543. The zero-order chi connectivity index (χ0) is 10.4. The molecular weight excluding hydrogens is 196 g/mol. The van der Waals surface area contributed by atoms with Crippen molar-refractivity contribution in [3.63, 3.8) is 0 Å². The van der Waals surface area contributed by atoms with E-state index in [1.807, 2.05) is 0 Å². The van der Waals surface area contributed by atoms with Gasteiger partial charge < -0.3 is 10.6 Å². The molecule has 0 bridgehead atoms. The number of carbonyl (C=O) groups excluding carboxylic acids is 1. The molecule has 4 heteroatoms. The predicted octanol–water partition coefficient (Wildman–Crippen LogP) is 1.28. The minimum absolute atomic E-state index is 0.0832. The molecule has 0 aliphatic heterocycles. The van der Waals surface area contributed by atoms with Gasteiger partial charge >= 0.3 is 0 Å². The smallest absolute Gasteiger partial charge is 0.221 e. The van der Waals surface area contributed by atoms with Crippen molar-refractivity contribution in [3.8, 4) is 0 Å². The topological polar surface area (TPSA) is 41.1 Å². The fraction of sp³-hybridized carbons (Fsp3) is 0.500. The number of thiophene rings is 1. The van der Waals surface area contributed by atoms with E-state index in [-0.39, 0.29) is 5.91 Å². The number of amides is 1. The molecule has 1 heterocycles. The molecule has 0 saturated carbocycles. The van der Waals surface area contributed by atoms with Crippen LogP contribution in [-0.4, -0.2) is 19.5 Å². The summed E-state index contributed by atoms with van der Waals surface area (Å²) >= 11 is 1.79. The molecule has 0 atom stereocenters. The van der Waals surface area contributed by atoms with Crippen LogP contribution in [0.1, 0.15) is 16.2 Å². The average Bonchev–Trinajstić information content (AvgIpc) is 2.58. The lowest BCUT2D eigenvalue weighted by molar-refractivity contribution is -0.120. The molecule has 0 saturated heterocycles. The second-order valence-electron chi connectivity index (χ2n) is 3.11. The Bertz CT molecular complexity index is 296. The normalized spacial score (nSPS) is 10.1. The van der Waals surface area contributed by atoms with Gasteiger partial charge in [-0.05, 0) is 19.1 Å². The van der Waals surface area contributed by atoms with Crippen LogP contribution < -0.4 is 10.6 Å². The first-order valence-corrected chi connectivity index (χ1v) is 5.50. The molecular formula is C10H16N2OS. The largest absolute Gasteiger partial charge is 0.359 e. The number of carbonyl (C=O) groups is 1. The van der Waals surface area contributed by atoms with Crippen LogP contribution in [0.5, 0.6) is 0 Å². The number of hydrogen-bond donors (Lipinski definition) is 2. The predicted molar refractivity (Wildman–Crippen MR) is 59.4 cm³/mol.